The number of unbranched alkanes of at least 4 members (excludes halogenated alkanes) is 1. The van der Waals surface area contributed by atoms with E-state index in [1.54, 1.807) is 7.11 Å². The van der Waals surface area contributed by atoms with Gasteiger partial charge in [-0.25, -0.2) is 0 Å². The number of carbonyl (C=O) groups excluding carboxylic acids is 1. The number of hydrogen-bond donors (Lipinski definition) is 0. The Morgan fingerprint density at radius 1 is 1.15 bits per heavy atom. The third kappa shape index (κ3) is 6.33. The number of carbonyl (C=O) groups is 1. The minimum atomic E-state index is 0.275. The van der Waals surface area contributed by atoms with Crippen LogP contribution in [0, 0.1) is 5.92 Å². The average molecular weight is 276 g/mol. The molecule has 0 aliphatic rings. The summed E-state index contributed by atoms with van der Waals surface area (Å²) in [5.74, 6) is 0.761. The van der Waals surface area contributed by atoms with Crippen molar-refractivity contribution in [3.8, 4) is 0 Å². The van der Waals surface area contributed by atoms with Crippen molar-refractivity contribution < 1.29 is 9.53 Å². The SMILES string of the molecule is CCCCC(CCC(C)OC)CC(=O)c1ccccc1. The number of hydrogen-bond acceptors (Lipinski definition) is 2. The van der Waals surface area contributed by atoms with Crippen LogP contribution in [-0.2, 0) is 4.74 Å². The fraction of sp³-hybridized carbons (Fsp3) is 0.611. The summed E-state index contributed by atoms with van der Waals surface area (Å²) < 4.78 is 5.31. The van der Waals surface area contributed by atoms with Gasteiger partial charge in [-0.2, -0.15) is 0 Å². The summed E-state index contributed by atoms with van der Waals surface area (Å²) in [6.45, 7) is 4.30. The number of benzene rings is 1. The molecule has 0 heterocycles. The Morgan fingerprint density at radius 3 is 2.45 bits per heavy atom. The van der Waals surface area contributed by atoms with E-state index in [-0.39, 0.29) is 11.9 Å². The predicted molar refractivity (Wildman–Crippen MR) is 84.1 cm³/mol. The van der Waals surface area contributed by atoms with Gasteiger partial charge in [0, 0.05) is 19.1 Å². The van der Waals surface area contributed by atoms with Crippen molar-refractivity contribution >= 4 is 5.78 Å². The van der Waals surface area contributed by atoms with Gasteiger partial charge in [0.05, 0.1) is 6.10 Å². The Hall–Kier alpha value is -1.15. The number of Topliss-reactive ketones (excluding diaryl/α,β-unsaturated/α-hetero) is 1. The van der Waals surface area contributed by atoms with Gasteiger partial charge in [0.25, 0.3) is 0 Å². The highest BCUT2D eigenvalue weighted by Crippen LogP contribution is 2.22. The molecular formula is C18H28O2. The number of ketones is 1. The molecule has 0 N–H and O–H groups in total. The lowest BCUT2D eigenvalue weighted by atomic mass is 9.89. The minimum absolute atomic E-state index is 0.275. The fourth-order valence-corrected chi connectivity index (χ4v) is 2.43. The van der Waals surface area contributed by atoms with Crippen LogP contribution >= 0.6 is 0 Å². The third-order valence-corrected chi connectivity index (χ3v) is 3.92. The van der Waals surface area contributed by atoms with Crippen LogP contribution in [0.3, 0.4) is 0 Å². The van der Waals surface area contributed by atoms with Gasteiger partial charge in [-0.15, -0.1) is 0 Å². The van der Waals surface area contributed by atoms with Crippen LogP contribution in [0.2, 0.25) is 0 Å². The van der Waals surface area contributed by atoms with E-state index in [1.165, 1.54) is 12.8 Å². The van der Waals surface area contributed by atoms with E-state index in [9.17, 15) is 4.79 Å². The Balaban J connectivity index is 2.52. The van der Waals surface area contributed by atoms with E-state index in [0.717, 1.165) is 24.8 Å². The third-order valence-electron chi connectivity index (χ3n) is 3.92. The summed E-state index contributed by atoms with van der Waals surface area (Å²) in [6.07, 6.45) is 6.60. The predicted octanol–water partition coefficient (Wildman–Crippen LogP) is 4.88. The van der Waals surface area contributed by atoms with Crippen molar-refractivity contribution in [2.45, 2.75) is 58.5 Å². The van der Waals surface area contributed by atoms with Crippen molar-refractivity contribution in [1.29, 1.82) is 0 Å². The second-order valence-electron chi connectivity index (χ2n) is 5.63. The first kappa shape index (κ1) is 16.9. The molecular weight excluding hydrogens is 248 g/mol. The lowest BCUT2D eigenvalue weighted by Gasteiger charge is -2.18. The van der Waals surface area contributed by atoms with Gasteiger partial charge in [-0.05, 0) is 25.7 Å². The highest BCUT2D eigenvalue weighted by Gasteiger charge is 2.16. The quantitative estimate of drug-likeness (QED) is 0.569. The van der Waals surface area contributed by atoms with Crippen LogP contribution in [0.4, 0.5) is 0 Å². The summed E-state index contributed by atoms with van der Waals surface area (Å²) in [6, 6.07) is 9.64. The van der Waals surface area contributed by atoms with Crippen molar-refractivity contribution in [2.75, 3.05) is 7.11 Å². The first-order valence-corrected chi connectivity index (χ1v) is 7.78. The van der Waals surface area contributed by atoms with Crippen LogP contribution in [0.1, 0.15) is 62.7 Å². The molecule has 2 unspecified atom stereocenters. The smallest absolute Gasteiger partial charge is 0.163 e. The second-order valence-corrected chi connectivity index (χ2v) is 5.63. The molecule has 112 valence electrons. The topological polar surface area (TPSA) is 26.3 Å². The molecule has 2 heteroatoms. The van der Waals surface area contributed by atoms with Crippen LogP contribution in [-0.4, -0.2) is 19.0 Å². The number of ether oxygens (including phenoxy) is 1. The minimum Gasteiger partial charge on any atom is -0.382 e. The Labute approximate surface area is 123 Å². The van der Waals surface area contributed by atoms with E-state index in [0.29, 0.717) is 12.3 Å². The zero-order chi connectivity index (χ0) is 14.8. The fourth-order valence-electron chi connectivity index (χ4n) is 2.43. The van der Waals surface area contributed by atoms with E-state index in [4.69, 9.17) is 4.74 Å². The van der Waals surface area contributed by atoms with Crippen LogP contribution in [0.5, 0.6) is 0 Å². The van der Waals surface area contributed by atoms with Crippen molar-refractivity contribution in [3.63, 3.8) is 0 Å². The molecule has 1 aromatic carbocycles. The molecule has 1 aromatic rings. The molecule has 0 bridgehead atoms. The standard InChI is InChI=1S/C18H28O2/c1-4-5-9-16(13-12-15(2)20-3)14-18(19)17-10-7-6-8-11-17/h6-8,10-11,15-16H,4-5,9,12-14H2,1-3H3. The van der Waals surface area contributed by atoms with Crippen LogP contribution < -0.4 is 0 Å². The highest BCUT2D eigenvalue weighted by molar-refractivity contribution is 5.96. The normalized spacial score (nSPS) is 13.9. The maximum atomic E-state index is 12.3. The summed E-state index contributed by atoms with van der Waals surface area (Å²) >= 11 is 0. The van der Waals surface area contributed by atoms with Gasteiger partial charge in [-0.1, -0.05) is 56.5 Å². The molecule has 0 saturated heterocycles. The van der Waals surface area contributed by atoms with Gasteiger partial charge in [0.2, 0.25) is 0 Å². The van der Waals surface area contributed by atoms with Crippen LogP contribution in [0.25, 0.3) is 0 Å². The average Bonchev–Trinajstić information content (AvgIpc) is 2.50. The van der Waals surface area contributed by atoms with Gasteiger partial charge in [0.1, 0.15) is 0 Å². The van der Waals surface area contributed by atoms with Crippen molar-refractivity contribution in [3.05, 3.63) is 35.9 Å². The Kier molecular flexibility index (Phi) is 8.20. The first-order chi connectivity index (χ1) is 9.67. The lowest BCUT2D eigenvalue weighted by Crippen LogP contribution is -2.13. The molecule has 0 aromatic heterocycles. The molecule has 0 radical (unpaired) electrons. The maximum Gasteiger partial charge on any atom is 0.163 e. The number of methoxy groups -OCH3 is 1. The molecule has 0 saturated carbocycles. The monoisotopic (exact) mass is 276 g/mol. The highest BCUT2D eigenvalue weighted by atomic mass is 16.5. The van der Waals surface area contributed by atoms with Gasteiger partial charge in [0.15, 0.2) is 5.78 Å². The van der Waals surface area contributed by atoms with Gasteiger partial charge in [-0.3, -0.25) is 4.79 Å². The van der Waals surface area contributed by atoms with E-state index < -0.39 is 0 Å². The zero-order valence-corrected chi connectivity index (χ0v) is 13.1. The summed E-state index contributed by atoms with van der Waals surface area (Å²) in [7, 11) is 1.75. The first-order valence-electron chi connectivity index (χ1n) is 7.78. The van der Waals surface area contributed by atoms with Crippen molar-refractivity contribution in [2.24, 2.45) is 5.92 Å². The summed E-state index contributed by atoms with van der Waals surface area (Å²) in [5, 5.41) is 0. The second kappa shape index (κ2) is 9.71. The molecule has 0 spiro atoms. The number of rotatable bonds is 10. The van der Waals surface area contributed by atoms with E-state index in [1.807, 2.05) is 30.3 Å². The van der Waals surface area contributed by atoms with Crippen molar-refractivity contribution in [1.82, 2.24) is 0 Å². The summed E-state index contributed by atoms with van der Waals surface area (Å²) in [5.41, 5.74) is 0.841. The van der Waals surface area contributed by atoms with E-state index in [2.05, 4.69) is 13.8 Å². The van der Waals surface area contributed by atoms with E-state index >= 15 is 0 Å². The molecule has 0 aliphatic carbocycles. The molecule has 2 nitrogen and oxygen atoms in total. The molecule has 0 aliphatic heterocycles. The van der Waals surface area contributed by atoms with Gasteiger partial charge >= 0.3 is 0 Å². The Morgan fingerprint density at radius 2 is 1.85 bits per heavy atom. The summed E-state index contributed by atoms with van der Waals surface area (Å²) in [4.78, 5) is 12.3. The molecule has 20 heavy (non-hydrogen) atoms. The molecule has 0 amide bonds. The lowest BCUT2D eigenvalue weighted by molar-refractivity contribution is 0.0909. The molecule has 0 fully saturated rings. The maximum absolute atomic E-state index is 12.3. The Bertz CT molecular complexity index is 372. The zero-order valence-electron chi connectivity index (χ0n) is 13.1. The largest absolute Gasteiger partial charge is 0.382 e. The molecule has 2 atom stereocenters. The van der Waals surface area contributed by atoms with Gasteiger partial charge < -0.3 is 4.74 Å². The molecule has 1 rings (SSSR count). The van der Waals surface area contributed by atoms with Crippen LogP contribution in [0.15, 0.2) is 30.3 Å².